The topological polar surface area (TPSA) is 78.5 Å². The molecule has 1 aromatic rings. The lowest BCUT2D eigenvalue weighted by Crippen LogP contribution is -2.32. The van der Waals surface area contributed by atoms with Crippen LogP contribution in [0.3, 0.4) is 0 Å². The molecule has 0 saturated carbocycles. The minimum atomic E-state index is -3.48. The fourth-order valence-corrected chi connectivity index (χ4v) is 3.26. The molecule has 8 heteroatoms. The predicted octanol–water partition coefficient (Wildman–Crippen LogP) is -0.0524. The smallest absolute Gasteiger partial charge is 0.263 e. The van der Waals surface area contributed by atoms with Gasteiger partial charge in [-0.15, -0.1) is 11.3 Å². The molecular weight excluding hydrogens is 274 g/mol. The molecule has 18 heavy (non-hydrogen) atoms. The summed E-state index contributed by atoms with van der Waals surface area (Å²) in [5.41, 5.74) is 0. The SMILES string of the molecule is CNCCN(C)C(=O)c1cc(S(=O)(=O)NC)cs1. The van der Waals surface area contributed by atoms with Crippen LogP contribution in [0.15, 0.2) is 16.3 Å². The van der Waals surface area contributed by atoms with E-state index in [-0.39, 0.29) is 10.8 Å². The van der Waals surface area contributed by atoms with E-state index in [1.54, 1.807) is 19.0 Å². The number of amides is 1. The molecule has 0 unspecified atom stereocenters. The molecule has 2 N–H and O–H groups in total. The number of rotatable bonds is 6. The van der Waals surface area contributed by atoms with Crippen molar-refractivity contribution >= 4 is 27.3 Å². The average molecular weight is 291 g/mol. The van der Waals surface area contributed by atoms with Crippen molar-refractivity contribution in [3.8, 4) is 0 Å². The van der Waals surface area contributed by atoms with E-state index in [9.17, 15) is 13.2 Å². The lowest BCUT2D eigenvalue weighted by molar-refractivity contribution is 0.0801. The first-order chi connectivity index (χ1) is 8.42. The van der Waals surface area contributed by atoms with Crippen molar-refractivity contribution in [2.75, 3.05) is 34.2 Å². The lowest BCUT2D eigenvalue weighted by atomic mass is 10.4. The van der Waals surface area contributed by atoms with Crippen LogP contribution in [0.25, 0.3) is 0 Å². The minimum Gasteiger partial charge on any atom is -0.340 e. The maximum Gasteiger partial charge on any atom is 0.263 e. The Morgan fingerprint density at radius 1 is 1.44 bits per heavy atom. The van der Waals surface area contributed by atoms with Crippen LogP contribution >= 0.6 is 11.3 Å². The van der Waals surface area contributed by atoms with Crippen LogP contribution in [-0.2, 0) is 10.0 Å². The third kappa shape index (κ3) is 3.52. The molecule has 0 aromatic carbocycles. The largest absolute Gasteiger partial charge is 0.340 e. The quantitative estimate of drug-likeness (QED) is 0.770. The Labute approximate surface area is 111 Å². The van der Waals surface area contributed by atoms with Gasteiger partial charge in [-0.3, -0.25) is 4.79 Å². The first-order valence-electron chi connectivity index (χ1n) is 5.34. The summed E-state index contributed by atoms with van der Waals surface area (Å²) < 4.78 is 25.3. The van der Waals surface area contributed by atoms with Crippen molar-refractivity contribution < 1.29 is 13.2 Å². The fourth-order valence-electron chi connectivity index (χ4n) is 1.26. The van der Waals surface area contributed by atoms with Gasteiger partial charge in [0.15, 0.2) is 0 Å². The van der Waals surface area contributed by atoms with Crippen molar-refractivity contribution in [2.24, 2.45) is 0 Å². The summed E-state index contributed by atoms with van der Waals surface area (Å²) >= 11 is 1.13. The third-order valence-electron chi connectivity index (χ3n) is 2.41. The Hall–Kier alpha value is -0.960. The monoisotopic (exact) mass is 291 g/mol. The van der Waals surface area contributed by atoms with Crippen LogP contribution in [0.2, 0.25) is 0 Å². The molecule has 0 aliphatic rings. The maximum absolute atomic E-state index is 12.0. The van der Waals surface area contributed by atoms with Crippen LogP contribution < -0.4 is 10.0 Å². The molecule has 1 heterocycles. The van der Waals surface area contributed by atoms with E-state index in [4.69, 9.17) is 0 Å². The first-order valence-corrected chi connectivity index (χ1v) is 7.70. The highest BCUT2D eigenvalue weighted by molar-refractivity contribution is 7.89. The van der Waals surface area contributed by atoms with Crippen molar-refractivity contribution in [2.45, 2.75) is 4.90 Å². The van der Waals surface area contributed by atoms with Crippen LogP contribution in [0.1, 0.15) is 9.67 Å². The zero-order valence-electron chi connectivity index (χ0n) is 10.6. The van der Waals surface area contributed by atoms with Gasteiger partial charge in [0.1, 0.15) is 0 Å². The highest BCUT2D eigenvalue weighted by atomic mass is 32.2. The van der Waals surface area contributed by atoms with Crippen molar-refractivity contribution in [3.63, 3.8) is 0 Å². The Balaban J connectivity index is 2.83. The van der Waals surface area contributed by atoms with E-state index in [2.05, 4.69) is 10.0 Å². The number of carbonyl (C=O) groups excluding carboxylic acids is 1. The molecule has 0 radical (unpaired) electrons. The number of nitrogens with one attached hydrogen (secondary N) is 2. The van der Waals surface area contributed by atoms with Gasteiger partial charge in [-0.2, -0.15) is 0 Å². The maximum atomic E-state index is 12.0. The second-order valence-electron chi connectivity index (χ2n) is 3.68. The molecule has 1 rings (SSSR count). The second-order valence-corrected chi connectivity index (χ2v) is 6.48. The number of hydrogen-bond donors (Lipinski definition) is 2. The van der Waals surface area contributed by atoms with Gasteiger partial charge >= 0.3 is 0 Å². The van der Waals surface area contributed by atoms with Gasteiger partial charge in [-0.25, -0.2) is 13.1 Å². The van der Waals surface area contributed by atoms with Crippen molar-refractivity contribution in [1.82, 2.24) is 14.9 Å². The molecule has 0 atom stereocenters. The summed E-state index contributed by atoms with van der Waals surface area (Å²) in [6.07, 6.45) is 0. The third-order valence-corrected chi connectivity index (χ3v) is 4.87. The van der Waals surface area contributed by atoms with Crippen LogP contribution in [0.4, 0.5) is 0 Å². The molecular formula is C10H17N3O3S2. The molecule has 0 aliphatic heterocycles. The molecule has 0 aliphatic carbocycles. The van der Waals surface area contributed by atoms with Gasteiger partial charge in [0.25, 0.3) is 5.91 Å². The van der Waals surface area contributed by atoms with E-state index in [1.165, 1.54) is 18.5 Å². The number of nitrogens with zero attached hydrogens (tertiary/aromatic N) is 1. The van der Waals surface area contributed by atoms with Crippen LogP contribution in [0.5, 0.6) is 0 Å². The molecule has 6 nitrogen and oxygen atoms in total. The van der Waals surface area contributed by atoms with Gasteiger partial charge in [0.05, 0.1) is 9.77 Å². The summed E-state index contributed by atoms with van der Waals surface area (Å²) in [6.45, 7) is 1.26. The normalized spacial score (nSPS) is 11.5. The summed E-state index contributed by atoms with van der Waals surface area (Å²) in [5.74, 6) is -0.173. The van der Waals surface area contributed by atoms with Gasteiger partial charge < -0.3 is 10.2 Å². The fraction of sp³-hybridized carbons (Fsp3) is 0.500. The number of hydrogen-bond acceptors (Lipinski definition) is 5. The zero-order valence-corrected chi connectivity index (χ0v) is 12.2. The first kappa shape index (κ1) is 15.1. The Morgan fingerprint density at radius 2 is 2.11 bits per heavy atom. The Kier molecular flexibility index (Phi) is 5.27. The molecule has 1 amide bonds. The van der Waals surface area contributed by atoms with E-state index >= 15 is 0 Å². The second kappa shape index (κ2) is 6.28. The van der Waals surface area contributed by atoms with Gasteiger partial charge in [0, 0.05) is 25.5 Å². The number of likely N-dealkylation sites (N-methyl/N-ethyl adjacent to an activating group) is 2. The van der Waals surface area contributed by atoms with Gasteiger partial charge in [-0.1, -0.05) is 0 Å². The summed E-state index contributed by atoms with van der Waals surface area (Å²) in [5, 5.41) is 4.41. The highest BCUT2D eigenvalue weighted by Gasteiger charge is 2.19. The average Bonchev–Trinajstić information content (AvgIpc) is 2.85. The summed E-state index contributed by atoms with van der Waals surface area (Å²) in [4.78, 5) is 14.1. The molecule has 0 fully saturated rings. The number of sulfonamides is 1. The molecule has 1 aromatic heterocycles. The van der Waals surface area contributed by atoms with Gasteiger partial charge in [-0.05, 0) is 20.2 Å². The van der Waals surface area contributed by atoms with E-state index in [0.29, 0.717) is 18.0 Å². The van der Waals surface area contributed by atoms with Crippen LogP contribution in [0, 0.1) is 0 Å². The Bertz CT molecular complexity index is 510. The summed E-state index contributed by atoms with van der Waals surface area (Å²) in [7, 11) is 1.36. The minimum absolute atomic E-state index is 0.125. The highest BCUT2D eigenvalue weighted by Crippen LogP contribution is 2.20. The predicted molar refractivity (Wildman–Crippen MR) is 71.5 cm³/mol. The Morgan fingerprint density at radius 3 is 2.67 bits per heavy atom. The number of thiophene rings is 1. The standard InChI is InChI=1S/C10H17N3O3S2/c1-11-4-5-13(3)10(14)9-6-8(7-17-9)18(15,16)12-2/h6-7,11-12H,4-5H2,1-3H3. The van der Waals surface area contributed by atoms with Crippen molar-refractivity contribution in [3.05, 3.63) is 16.3 Å². The van der Waals surface area contributed by atoms with Gasteiger partial charge in [0.2, 0.25) is 10.0 Å². The zero-order chi connectivity index (χ0) is 13.8. The van der Waals surface area contributed by atoms with E-state index in [1.807, 2.05) is 0 Å². The molecule has 0 bridgehead atoms. The van der Waals surface area contributed by atoms with Crippen molar-refractivity contribution in [1.29, 1.82) is 0 Å². The molecule has 0 saturated heterocycles. The van der Waals surface area contributed by atoms with Crippen LogP contribution in [-0.4, -0.2) is 53.5 Å². The lowest BCUT2D eigenvalue weighted by Gasteiger charge is -2.15. The van der Waals surface area contributed by atoms with E-state index < -0.39 is 10.0 Å². The van der Waals surface area contributed by atoms with E-state index in [0.717, 1.165) is 11.3 Å². The summed E-state index contributed by atoms with van der Waals surface area (Å²) in [6, 6.07) is 1.40. The molecule has 0 spiro atoms. The molecule has 102 valence electrons. The number of carbonyl (C=O) groups is 1.